The predicted molar refractivity (Wildman–Crippen MR) is 102 cm³/mol. The van der Waals surface area contributed by atoms with Gasteiger partial charge in [-0.2, -0.15) is 0 Å². The van der Waals surface area contributed by atoms with Gasteiger partial charge in [0.1, 0.15) is 10.6 Å². The van der Waals surface area contributed by atoms with Crippen molar-refractivity contribution >= 4 is 43.8 Å². The summed E-state index contributed by atoms with van der Waals surface area (Å²) in [5.41, 5.74) is 1.51. The van der Waals surface area contributed by atoms with Gasteiger partial charge < -0.3 is 15.0 Å². The molecule has 26 heavy (non-hydrogen) atoms. The van der Waals surface area contributed by atoms with Gasteiger partial charge in [0.15, 0.2) is 0 Å². The second kappa shape index (κ2) is 8.52. The summed E-state index contributed by atoms with van der Waals surface area (Å²) >= 11 is 4.49. The Bertz CT molecular complexity index is 832. The Labute approximate surface area is 163 Å². The molecule has 0 spiro atoms. The minimum absolute atomic E-state index is 0.191. The molecule has 9 heteroatoms. The summed E-state index contributed by atoms with van der Waals surface area (Å²) in [6.45, 7) is 3.63. The van der Waals surface area contributed by atoms with Gasteiger partial charge in [0.05, 0.1) is 23.4 Å². The molecule has 0 bridgehead atoms. The zero-order valence-electron chi connectivity index (χ0n) is 14.1. The molecule has 1 N–H and O–H groups in total. The van der Waals surface area contributed by atoms with Gasteiger partial charge in [-0.1, -0.05) is 34.8 Å². The van der Waals surface area contributed by atoms with Crippen molar-refractivity contribution in [1.29, 1.82) is 0 Å². The van der Waals surface area contributed by atoms with E-state index in [0.717, 1.165) is 17.1 Å². The topological polar surface area (TPSA) is 84.4 Å². The highest BCUT2D eigenvalue weighted by Crippen LogP contribution is 2.26. The first-order valence-electron chi connectivity index (χ1n) is 8.00. The SMILES string of the molecule is Cc1nnsc1C(=O)N/C(C(=O)N1CCOCC1)=C(\Br)c1ccccc1. The van der Waals surface area contributed by atoms with Crippen molar-refractivity contribution in [3.63, 3.8) is 0 Å². The second-order valence-corrected chi connectivity index (χ2v) is 7.15. The molecule has 1 aliphatic rings. The van der Waals surface area contributed by atoms with Gasteiger partial charge in [0, 0.05) is 13.1 Å². The third kappa shape index (κ3) is 4.17. The Balaban J connectivity index is 1.94. The molecular weight excluding hydrogens is 420 g/mol. The number of carbonyl (C=O) groups is 2. The minimum Gasteiger partial charge on any atom is -0.378 e. The predicted octanol–water partition coefficient (Wildman–Crippen LogP) is 2.20. The van der Waals surface area contributed by atoms with Crippen LogP contribution in [0, 0.1) is 6.92 Å². The number of rotatable bonds is 4. The van der Waals surface area contributed by atoms with Crippen LogP contribution >= 0.6 is 27.5 Å². The van der Waals surface area contributed by atoms with Crippen LogP contribution in [-0.2, 0) is 9.53 Å². The molecule has 1 fully saturated rings. The van der Waals surface area contributed by atoms with E-state index < -0.39 is 5.91 Å². The van der Waals surface area contributed by atoms with E-state index in [-0.39, 0.29) is 11.6 Å². The van der Waals surface area contributed by atoms with Crippen LogP contribution in [0.2, 0.25) is 0 Å². The fraction of sp³-hybridized carbons (Fsp3) is 0.294. The molecule has 3 rings (SSSR count). The summed E-state index contributed by atoms with van der Waals surface area (Å²) in [5.74, 6) is -0.658. The Morgan fingerprint density at radius 3 is 2.54 bits per heavy atom. The van der Waals surface area contributed by atoms with Crippen LogP contribution < -0.4 is 5.32 Å². The zero-order valence-corrected chi connectivity index (χ0v) is 16.5. The van der Waals surface area contributed by atoms with E-state index >= 15 is 0 Å². The zero-order chi connectivity index (χ0) is 18.5. The monoisotopic (exact) mass is 436 g/mol. The number of aromatic nitrogens is 2. The van der Waals surface area contributed by atoms with Gasteiger partial charge >= 0.3 is 0 Å². The van der Waals surface area contributed by atoms with E-state index in [0.29, 0.717) is 41.4 Å². The summed E-state index contributed by atoms with van der Waals surface area (Å²) in [6, 6.07) is 9.35. The standard InChI is InChI=1S/C17H17BrN4O3S/c1-11-15(26-21-20-11)16(23)19-14(13(18)12-5-3-2-4-6-12)17(24)22-7-9-25-10-8-22/h2-6H,7-10H2,1H3,(H,19,23)/b14-13-. The Morgan fingerprint density at radius 1 is 1.23 bits per heavy atom. The van der Waals surface area contributed by atoms with Gasteiger partial charge in [-0.15, -0.1) is 5.10 Å². The maximum atomic E-state index is 13.0. The molecule has 1 aliphatic heterocycles. The number of nitrogens with one attached hydrogen (secondary N) is 1. The molecule has 1 aromatic heterocycles. The molecule has 0 saturated carbocycles. The molecule has 7 nitrogen and oxygen atoms in total. The molecule has 136 valence electrons. The normalized spacial score (nSPS) is 15.4. The molecule has 2 amide bonds. The lowest BCUT2D eigenvalue weighted by molar-refractivity contribution is -0.131. The van der Waals surface area contributed by atoms with Crippen molar-refractivity contribution in [3.05, 3.63) is 52.2 Å². The highest BCUT2D eigenvalue weighted by atomic mass is 79.9. The fourth-order valence-corrected chi connectivity index (χ4v) is 3.55. The number of aryl methyl sites for hydroxylation is 1. The van der Waals surface area contributed by atoms with Crippen molar-refractivity contribution in [3.8, 4) is 0 Å². The van der Waals surface area contributed by atoms with E-state index in [4.69, 9.17) is 4.74 Å². The van der Waals surface area contributed by atoms with E-state index in [1.807, 2.05) is 30.3 Å². The number of benzene rings is 1. The summed E-state index contributed by atoms with van der Waals surface area (Å²) in [7, 11) is 0. The first-order chi connectivity index (χ1) is 12.6. The number of carbonyl (C=O) groups excluding carboxylic acids is 2. The number of morpholine rings is 1. The first kappa shape index (κ1) is 18.7. The van der Waals surface area contributed by atoms with Crippen molar-refractivity contribution < 1.29 is 14.3 Å². The smallest absolute Gasteiger partial charge is 0.271 e. The van der Waals surface area contributed by atoms with Crippen LogP contribution in [0.15, 0.2) is 36.0 Å². The first-order valence-corrected chi connectivity index (χ1v) is 9.57. The highest BCUT2D eigenvalue weighted by molar-refractivity contribution is 9.15. The molecule has 0 aliphatic carbocycles. The van der Waals surface area contributed by atoms with Crippen LogP contribution in [0.5, 0.6) is 0 Å². The third-order valence-corrected chi connectivity index (χ3v) is 5.54. The maximum Gasteiger partial charge on any atom is 0.271 e. The van der Waals surface area contributed by atoms with Crippen LogP contribution in [0.4, 0.5) is 0 Å². The van der Waals surface area contributed by atoms with Crippen LogP contribution in [0.3, 0.4) is 0 Å². The van der Waals surface area contributed by atoms with Gasteiger partial charge in [-0.05, 0) is 39.9 Å². The molecule has 1 aromatic carbocycles. The molecule has 1 saturated heterocycles. The average molecular weight is 437 g/mol. The van der Waals surface area contributed by atoms with E-state index in [9.17, 15) is 9.59 Å². The average Bonchev–Trinajstić information content (AvgIpc) is 3.12. The van der Waals surface area contributed by atoms with Crippen LogP contribution in [0.1, 0.15) is 20.9 Å². The van der Waals surface area contributed by atoms with E-state index in [1.54, 1.807) is 11.8 Å². The van der Waals surface area contributed by atoms with Crippen molar-refractivity contribution in [2.75, 3.05) is 26.3 Å². The summed E-state index contributed by atoms with van der Waals surface area (Å²) in [5, 5.41) is 6.60. The van der Waals surface area contributed by atoms with Gasteiger partial charge in [0.25, 0.3) is 11.8 Å². The highest BCUT2D eigenvalue weighted by Gasteiger charge is 2.26. The molecule has 0 atom stereocenters. The van der Waals surface area contributed by atoms with Gasteiger partial charge in [0.2, 0.25) is 0 Å². The molecule has 0 unspecified atom stereocenters. The number of amides is 2. The van der Waals surface area contributed by atoms with Crippen molar-refractivity contribution in [2.45, 2.75) is 6.92 Å². The lowest BCUT2D eigenvalue weighted by Crippen LogP contribution is -2.44. The number of hydrogen-bond acceptors (Lipinski definition) is 6. The molecule has 0 radical (unpaired) electrons. The Morgan fingerprint density at radius 2 is 1.92 bits per heavy atom. The number of hydrogen-bond donors (Lipinski definition) is 1. The van der Waals surface area contributed by atoms with Crippen molar-refractivity contribution in [1.82, 2.24) is 19.8 Å². The summed E-state index contributed by atoms with van der Waals surface area (Å²) in [4.78, 5) is 27.7. The Kier molecular flexibility index (Phi) is 6.12. The van der Waals surface area contributed by atoms with Gasteiger partial charge in [-0.3, -0.25) is 9.59 Å². The second-order valence-electron chi connectivity index (χ2n) is 5.60. The van der Waals surface area contributed by atoms with E-state index in [2.05, 4.69) is 30.8 Å². The lowest BCUT2D eigenvalue weighted by Gasteiger charge is -2.28. The van der Waals surface area contributed by atoms with Crippen molar-refractivity contribution in [2.24, 2.45) is 0 Å². The Hall–Kier alpha value is -2.10. The molecule has 2 aromatic rings. The maximum absolute atomic E-state index is 13.0. The number of nitrogens with zero attached hydrogens (tertiary/aromatic N) is 3. The summed E-state index contributed by atoms with van der Waals surface area (Å²) in [6.07, 6.45) is 0. The number of ether oxygens (including phenoxy) is 1. The molecular formula is C17H17BrN4O3S. The van der Waals surface area contributed by atoms with Crippen LogP contribution in [0.25, 0.3) is 4.48 Å². The fourth-order valence-electron chi connectivity index (χ4n) is 2.47. The quantitative estimate of drug-likeness (QED) is 0.742. The summed E-state index contributed by atoms with van der Waals surface area (Å²) < 4.78 is 9.61. The third-order valence-electron chi connectivity index (χ3n) is 3.86. The molecule has 2 heterocycles. The number of halogens is 1. The van der Waals surface area contributed by atoms with E-state index in [1.165, 1.54) is 0 Å². The minimum atomic E-state index is -0.401. The lowest BCUT2D eigenvalue weighted by atomic mass is 10.1. The largest absolute Gasteiger partial charge is 0.378 e. The van der Waals surface area contributed by atoms with Crippen LogP contribution in [-0.4, -0.2) is 52.6 Å². The van der Waals surface area contributed by atoms with Gasteiger partial charge in [-0.25, -0.2) is 0 Å².